The predicted octanol–water partition coefficient (Wildman–Crippen LogP) is 0.512. The minimum atomic E-state index is -3.11. The molecule has 0 spiro atoms. The van der Waals surface area contributed by atoms with Crippen molar-refractivity contribution in [2.24, 2.45) is 0 Å². The fourth-order valence-corrected chi connectivity index (χ4v) is 1.79. The van der Waals surface area contributed by atoms with Crippen LogP contribution in [0.5, 0.6) is 0 Å². The highest BCUT2D eigenvalue weighted by Gasteiger charge is 2.09. The van der Waals surface area contributed by atoms with Crippen molar-refractivity contribution in [3.8, 4) is 0 Å². The van der Waals surface area contributed by atoms with E-state index in [1.54, 1.807) is 13.1 Å². The van der Waals surface area contributed by atoms with Gasteiger partial charge in [0.15, 0.2) is 0 Å². The lowest BCUT2D eigenvalue weighted by molar-refractivity contribution is 0.554. The molecule has 0 aromatic heterocycles. The molecule has 2 N–H and O–H groups in total. The molecule has 0 heterocycles. The van der Waals surface area contributed by atoms with E-state index in [0.29, 0.717) is 13.0 Å². The first-order valence-electron chi connectivity index (χ1n) is 4.27. The van der Waals surface area contributed by atoms with Gasteiger partial charge in [0.2, 0.25) is 10.0 Å². The number of rotatable bonds is 7. The van der Waals surface area contributed by atoms with E-state index in [4.69, 9.17) is 0 Å². The Morgan fingerprint density at radius 1 is 1.50 bits per heavy atom. The normalized spacial score (nSPS) is 13.0. The van der Waals surface area contributed by atoms with Crippen molar-refractivity contribution in [2.75, 3.05) is 19.3 Å². The number of likely N-dealkylation sites (N-methyl/N-ethyl adjacent to an activating group) is 1. The topological polar surface area (TPSA) is 58.2 Å². The van der Waals surface area contributed by atoms with Gasteiger partial charge in [0, 0.05) is 12.6 Å². The van der Waals surface area contributed by atoms with E-state index in [1.165, 1.54) is 0 Å². The second kappa shape index (κ2) is 8.23. The summed E-state index contributed by atoms with van der Waals surface area (Å²) >= 11 is 0. The maximum atomic E-state index is 11.2. The van der Waals surface area contributed by atoms with Crippen LogP contribution in [0.15, 0.2) is 12.7 Å². The summed E-state index contributed by atoms with van der Waals surface area (Å²) in [4.78, 5) is 0. The number of sulfonamides is 1. The Morgan fingerprint density at radius 2 is 2.07 bits per heavy atom. The highest BCUT2D eigenvalue weighted by Crippen LogP contribution is 1.90. The molecule has 0 aromatic rings. The van der Waals surface area contributed by atoms with Crippen LogP contribution in [0.25, 0.3) is 0 Å². The highest BCUT2D eigenvalue weighted by atomic mass is 35.5. The fourth-order valence-electron chi connectivity index (χ4n) is 0.665. The van der Waals surface area contributed by atoms with Gasteiger partial charge in [-0.05, 0) is 20.4 Å². The molecule has 0 aliphatic rings. The van der Waals surface area contributed by atoms with Crippen LogP contribution in [0, 0.1) is 0 Å². The van der Waals surface area contributed by atoms with Crippen LogP contribution in [0.3, 0.4) is 0 Å². The Labute approximate surface area is 92.6 Å². The third kappa shape index (κ3) is 8.50. The second-order valence-corrected chi connectivity index (χ2v) is 4.86. The first-order chi connectivity index (χ1) is 6.02. The van der Waals surface area contributed by atoms with Crippen molar-refractivity contribution in [2.45, 2.75) is 19.4 Å². The lowest BCUT2D eigenvalue weighted by Crippen LogP contribution is -2.38. The van der Waals surface area contributed by atoms with E-state index in [-0.39, 0.29) is 24.2 Å². The van der Waals surface area contributed by atoms with Crippen LogP contribution in [-0.2, 0) is 10.0 Å². The molecule has 0 aromatic carbocycles. The molecular weight excluding hydrogens is 224 g/mol. The molecule has 0 saturated heterocycles. The SMILES string of the molecule is C=CCCS(=O)(=O)NCC(C)NC.Cl. The Bertz CT molecular complexity index is 242. The molecule has 1 atom stereocenters. The molecule has 0 bridgehead atoms. The third-order valence-electron chi connectivity index (χ3n) is 1.69. The smallest absolute Gasteiger partial charge is 0.211 e. The zero-order valence-electron chi connectivity index (χ0n) is 8.62. The van der Waals surface area contributed by atoms with Gasteiger partial charge in [-0.25, -0.2) is 13.1 Å². The first-order valence-corrected chi connectivity index (χ1v) is 5.92. The van der Waals surface area contributed by atoms with Crippen molar-refractivity contribution in [1.82, 2.24) is 10.0 Å². The molecule has 14 heavy (non-hydrogen) atoms. The summed E-state index contributed by atoms with van der Waals surface area (Å²) in [5.74, 6) is 0.118. The number of halogens is 1. The van der Waals surface area contributed by atoms with Gasteiger partial charge in [0.1, 0.15) is 0 Å². The van der Waals surface area contributed by atoms with Crippen LogP contribution in [0.4, 0.5) is 0 Å². The number of hydrogen-bond donors (Lipinski definition) is 2. The Kier molecular flexibility index (Phi) is 9.60. The monoisotopic (exact) mass is 242 g/mol. The first kappa shape index (κ1) is 16.3. The zero-order chi connectivity index (χ0) is 10.3. The van der Waals surface area contributed by atoms with Crippen LogP contribution >= 0.6 is 12.4 Å². The number of allylic oxidation sites excluding steroid dienone is 1. The van der Waals surface area contributed by atoms with Crippen LogP contribution in [-0.4, -0.2) is 33.8 Å². The summed E-state index contributed by atoms with van der Waals surface area (Å²) in [5.41, 5.74) is 0. The van der Waals surface area contributed by atoms with E-state index in [2.05, 4.69) is 16.6 Å². The summed E-state index contributed by atoms with van der Waals surface area (Å²) in [5, 5.41) is 2.95. The molecule has 4 nitrogen and oxygen atoms in total. The minimum absolute atomic E-state index is 0. The molecule has 0 radical (unpaired) electrons. The fraction of sp³-hybridized carbons (Fsp3) is 0.750. The third-order valence-corrected chi connectivity index (χ3v) is 3.07. The Morgan fingerprint density at radius 3 is 2.50 bits per heavy atom. The van der Waals surface area contributed by atoms with Crippen molar-refractivity contribution < 1.29 is 8.42 Å². The van der Waals surface area contributed by atoms with E-state index in [9.17, 15) is 8.42 Å². The Hall–Kier alpha value is -0.100. The summed E-state index contributed by atoms with van der Waals surface area (Å²) in [6.45, 7) is 5.81. The lowest BCUT2D eigenvalue weighted by Gasteiger charge is -2.11. The van der Waals surface area contributed by atoms with Gasteiger partial charge in [-0.15, -0.1) is 19.0 Å². The van der Waals surface area contributed by atoms with Crippen LogP contribution in [0.2, 0.25) is 0 Å². The number of nitrogens with one attached hydrogen (secondary N) is 2. The van der Waals surface area contributed by atoms with Gasteiger partial charge in [-0.2, -0.15) is 0 Å². The average Bonchev–Trinajstić information content (AvgIpc) is 2.11. The van der Waals surface area contributed by atoms with E-state index in [0.717, 1.165) is 0 Å². The van der Waals surface area contributed by atoms with Crippen LogP contribution < -0.4 is 10.0 Å². The molecule has 0 saturated carbocycles. The molecule has 0 fully saturated rings. The van der Waals surface area contributed by atoms with Gasteiger partial charge < -0.3 is 5.32 Å². The van der Waals surface area contributed by atoms with Crippen molar-refractivity contribution in [1.29, 1.82) is 0 Å². The minimum Gasteiger partial charge on any atom is -0.316 e. The predicted molar refractivity (Wildman–Crippen MR) is 62.4 cm³/mol. The van der Waals surface area contributed by atoms with E-state index >= 15 is 0 Å². The maximum absolute atomic E-state index is 11.2. The second-order valence-electron chi connectivity index (χ2n) is 2.93. The van der Waals surface area contributed by atoms with Crippen molar-refractivity contribution in [3.05, 3.63) is 12.7 Å². The lowest BCUT2D eigenvalue weighted by atomic mass is 10.4. The van der Waals surface area contributed by atoms with Crippen LogP contribution in [0.1, 0.15) is 13.3 Å². The summed E-state index contributed by atoms with van der Waals surface area (Å²) in [6, 6.07) is 0.151. The highest BCUT2D eigenvalue weighted by molar-refractivity contribution is 7.89. The van der Waals surface area contributed by atoms with Gasteiger partial charge >= 0.3 is 0 Å². The van der Waals surface area contributed by atoms with E-state index < -0.39 is 10.0 Å². The van der Waals surface area contributed by atoms with Gasteiger partial charge in [-0.1, -0.05) is 6.08 Å². The average molecular weight is 243 g/mol. The van der Waals surface area contributed by atoms with Gasteiger partial charge in [0.05, 0.1) is 5.75 Å². The molecule has 0 amide bonds. The molecule has 86 valence electrons. The Balaban J connectivity index is 0. The summed E-state index contributed by atoms with van der Waals surface area (Å²) in [7, 11) is -1.32. The summed E-state index contributed by atoms with van der Waals surface area (Å²) in [6.07, 6.45) is 2.09. The zero-order valence-corrected chi connectivity index (χ0v) is 10.2. The molecular formula is C8H19ClN2O2S. The van der Waals surface area contributed by atoms with Crippen molar-refractivity contribution in [3.63, 3.8) is 0 Å². The number of hydrogen-bond acceptors (Lipinski definition) is 3. The molecule has 0 aliphatic heterocycles. The molecule has 1 unspecified atom stereocenters. The maximum Gasteiger partial charge on any atom is 0.211 e. The quantitative estimate of drug-likeness (QED) is 0.640. The summed E-state index contributed by atoms with van der Waals surface area (Å²) < 4.78 is 25.0. The largest absolute Gasteiger partial charge is 0.316 e. The van der Waals surface area contributed by atoms with Crippen molar-refractivity contribution >= 4 is 22.4 Å². The van der Waals surface area contributed by atoms with Gasteiger partial charge in [0.25, 0.3) is 0 Å². The van der Waals surface area contributed by atoms with E-state index in [1.807, 2.05) is 6.92 Å². The molecule has 0 aliphatic carbocycles. The molecule has 6 heteroatoms. The van der Waals surface area contributed by atoms with Gasteiger partial charge in [-0.3, -0.25) is 0 Å². The molecule has 0 rings (SSSR count). The standard InChI is InChI=1S/C8H18N2O2S.ClH/c1-4-5-6-13(11,12)10-7-8(2)9-3;/h4,8-10H,1,5-7H2,2-3H3;1H.